The lowest BCUT2D eigenvalue weighted by atomic mass is 10.0. The summed E-state index contributed by atoms with van der Waals surface area (Å²) in [5.74, 6) is 0.744. The molecule has 1 aliphatic rings. The van der Waals surface area contributed by atoms with E-state index in [2.05, 4.69) is 11.2 Å². The first-order valence-corrected chi connectivity index (χ1v) is 6.14. The minimum Gasteiger partial charge on any atom is -0.483 e. The fourth-order valence-corrected chi connectivity index (χ4v) is 2.36. The lowest BCUT2D eigenvalue weighted by molar-refractivity contribution is 0.396. The molecule has 19 heavy (non-hydrogen) atoms. The predicted octanol–water partition coefficient (Wildman–Crippen LogP) is 2.88. The van der Waals surface area contributed by atoms with Gasteiger partial charge in [-0.2, -0.15) is 5.26 Å². The topological polar surface area (TPSA) is 48.6 Å². The van der Waals surface area contributed by atoms with Gasteiger partial charge in [0.1, 0.15) is 0 Å². The van der Waals surface area contributed by atoms with E-state index in [1.54, 1.807) is 7.11 Å². The predicted molar refractivity (Wildman–Crippen MR) is 75.1 cm³/mol. The number of hydrogen-bond donors (Lipinski definition) is 0. The van der Waals surface area contributed by atoms with Gasteiger partial charge in [-0.3, -0.25) is 5.01 Å². The highest BCUT2D eigenvalue weighted by atomic mass is 16.5. The lowest BCUT2D eigenvalue weighted by Gasteiger charge is -2.16. The van der Waals surface area contributed by atoms with Gasteiger partial charge in [0.15, 0.2) is 0 Å². The molecule has 4 heteroatoms. The molecule has 0 atom stereocenters. The number of anilines is 1. The molecule has 0 unspecified atom stereocenters. The summed E-state index contributed by atoms with van der Waals surface area (Å²) in [6.45, 7) is 0.805. The summed E-state index contributed by atoms with van der Waals surface area (Å²) in [5, 5.41) is 17.5. The van der Waals surface area contributed by atoms with Gasteiger partial charge in [-0.15, -0.1) is 5.10 Å². The Labute approximate surface area is 111 Å². The van der Waals surface area contributed by atoms with Crippen LogP contribution in [0.2, 0.25) is 0 Å². The Balaban J connectivity index is 2.16. The van der Waals surface area contributed by atoms with Crippen molar-refractivity contribution < 1.29 is 4.74 Å². The number of fused-ring (bicyclic) bond motifs is 1. The SMILES string of the molecule is COC1=NN(c2ccc(C#N)c3ccccc23)CC1. The molecule has 3 rings (SSSR count). The molecule has 4 nitrogen and oxygen atoms in total. The highest BCUT2D eigenvalue weighted by molar-refractivity contribution is 5.98. The number of hydrazone groups is 1. The van der Waals surface area contributed by atoms with Crippen LogP contribution in [0.4, 0.5) is 5.69 Å². The largest absolute Gasteiger partial charge is 0.483 e. The van der Waals surface area contributed by atoms with Crippen LogP contribution in [0, 0.1) is 11.3 Å². The number of hydrogen-bond acceptors (Lipinski definition) is 4. The molecule has 0 saturated carbocycles. The smallest absolute Gasteiger partial charge is 0.207 e. The Bertz CT molecular complexity index is 700. The number of methoxy groups -OCH3 is 1. The molecule has 0 aromatic heterocycles. The van der Waals surface area contributed by atoms with Crippen LogP contribution < -0.4 is 5.01 Å². The molecule has 0 amide bonds. The van der Waals surface area contributed by atoms with Crippen LogP contribution in [0.5, 0.6) is 0 Å². The zero-order valence-electron chi connectivity index (χ0n) is 10.6. The quantitative estimate of drug-likeness (QED) is 0.783. The summed E-state index contributed by atoms with van der Waals surface area (Å²) in [6, 6.07) is 13.9. The molecule has 1 aliphatic heterocycles. The Morgan fingerprint density at radius 2 is 2.00 bits per heavy atom. The Hall–Kier alpha value is -2.54. The van der Waals surface area contributed by atoms with Gasteiger partial charge in [0, 0.05) is 17.2 Å². The van der Waals surface area contributed by atoms with Crippen molar-refractivity contribution in [3.8, 4) is 6.07 Å². The second-order valence-corrected chi connectivity index (χ2v) is 4.36. The summed E-state index contributed by atoms with van der Waals surface area (Å²) in [4.78, 5) is 0. The average molecular weight is 251 g/mol. The zero-order valence-corrected chi connectivity index (χ0v) is 10.6. The summed E-state index contributed by atoms with van der Waals surface area (Å²) < 4.78 is 5.18. The lowest BCUT2D eigenvalue weighted by Crippen LogP contribution is -2.12. The summed E-state index contributed by atoms with van der Waals surface area (Å²) in [5.41, 5.74) is 1.70. The van der Waals surface area contributed by atoms with E-state index in [4.69, 9.17) is 10.00 Å². The van der Waals surface area contributed by atoms with Gasteiger partial charge in [-0.05, 0) is 12.1 Å². The van der Waals surface area contributed by atoms with Crippen LogP contribution in [0.3, 0.4) is 0 Å². The minimum absolute atomic E-state index is 0.689. The first kappa shape index (κ1) is 11.5. The molecule has 94 valence electrons. The molecule has 1 heterocycles. The number of rotatable bonds is 1. The van der Waals surface area contributed by atoms with E-state index in [1.165, 1.54) is 0 Å². The van der Waals surface area contributed by atoms with E-state index >= 15 is 0 Å². The molecule has 0 saturated heterocycles. The van der Waals surface area contributed by atoms with Crippen molar-refractivity contribution in [3.63, 3.8) is 0 Å². The number of nitrogens with zero attached hydrogens (tertiary/aromatic N) is 3. The van der Waals surface area contributed by atoms with Crippen LogP contribution in [-0.4, -0.2) is 19.6 Å². The summed E-state index contributed by atoms with van der Waals surface area (Å²) in [7, 11) is 1.64. The molecule has 0 fully saturated rings. The van der Waals surface area contributed by atoms with Crippen LogP contribution in [0.15, 0.2) is 41.5 Å². The number of benzene rings is 2. The molecule has 2 aromatic rings. The van der Waals surface area contributed by atoms with Crippen molar-refractivity contribution in [1.82, 2.24) is 0 Å². The maximum absolute atomic E-state index is 9.16. The molecular formula is C15H13N3O. The Kier molecular flexibility index (Phi) is 2.81. The van der Waals surface area contributed by atoms with Gasteiger partial charge in [0.05, 0.1) is 31.0 Å². The van der Waals surface area contributed by atoms with Crippen molar-refractivity contribution in [2.45, 2.75) is 6.42 Å². The van der Waals surface area contributed by atoms with Crippen molar-refractivity contribution in [2.24, 2.45) is 5.10 Å². The van der Waals surface area contributed by atoms with Gasteiger partial charge < -0.3 is 4.74 Å². The van der Waals surface area contributed by atoms with Crippen molar-refractivity contribution in [1.29, 1.82) is 5.26 Å². The normalized spacial score (nSPS) is 14.3. The van der Waals surface area contributed by atoms with Gasteiger partial charge in [0.2, 0.25) is 5.90 Å². The maximum atomic E-state index is 9.16. The third-order valence-electron chi connectivity index (χ3n) is 3.30. The maximum Gasteiger partial charge on any atom is 0.207 e. The Morgan fingerprint density at radius 1 is 1.21 bits per heavy atom. The monoisotopic (exact) mass is 251 g/mol. The molecule has 0 radical (unpaired) electrons. The van der Waals surface area contributed by atoms with Crippen molar-refractivity contribution >= 4 is 22.4 Å². The summed E-state index contributed by atoms with van der Waals surface area (Å²) in [6.07, 6.45) is 0.810. The fourth-order valence-electron chi connectivity index (χ4n) is 2.36. The van der Waals surface area contributed by atoms with E-state index in [0.29, 0.717) is 5.56 Å². The van der Waals surface area contributed by atoms with E-state index in [1.807, 2.05) is 41.4 Å². The second-order valence-electron chi connectivity index (χ2n) is 4.36. The molecule has 0 aliphatic carbocycles. The zero-order chi connectivity index (χ0) is 13.2. The van der Waals surface area contributed by atoms with Crippen molar-refractivity contribution in [3.05, 3.63) is 42.0 Å². The van der Waals surface area contributed by atoms with Crippen molar-refractivity contribution in [2.75, 3.05) is 18.7 Å². The van der Waals surface area contributed by atoms with E-state index in [-0.39, 0.29) is 0 Å². The van der Waals surface area contributed by atoms with Crippen LogP contribution in [0.25, 0.3) is 10.8 Å². The standard InChI is InChI=1S/C15H13N3O/c1-19-15-8-9-18(17-15)14-7-6-11(10-16)12-4-2-3-5-13(12)14/h2-7H,8-9H2,1H3. The minimum atomic E-state index is 0.689. The van der Waals surface area contributed by atoms with Crippen LogP contribution >= 0.6 is 0 Å². The first-order chi connectivity index (χ1) is 9.33. The molecular weight excluding hydrogens is 238 g/mol. The number of ether oxygens (including phenoxy) is 1. The Morgan fingerprint density at radius 3 is 2.68 bits per heavy atom. The summed E-state index contributed by atoms with van der Waals surface area (Å²) >= 11 is 0. The van der Waals surface area contributed by atoms with E-state index in [0.717, 1.165) is 35.3 Å². The van der Waals surface area contributed by atoms with Gasteiger partial charge in [-0.1, -0.05) is 24.3 Å². The van der Waals surface area contributed by atoms with E-state index in [9.17, 15) is 0 Å². The first-order valence-electron chi connectivity index (χ1n) is 6.14. The van der Waals surface area contributed by atoms with Gasteiger partial charge >= 0.3 is 0 Å². The highest BCUT2D eigenvalue weighted by Crippen LogP contribution is 2.31. The van der Waals surface area contributed by atoms with Crippen LogP contribution in [-0.2, 0) is 4.74 Å². The van der Waals surface area contributed by atoms with Crippen LogP contribution in [0.1, 0.15) is 12.0 Å². The molecule has 2 aromatic carbocycles. The fraction of sp³-hybridized carbons (Fsp3) is 0.200. The molecule has 0 N–H and O–H groups in total. The van der Waals surface area contributed by atoms with E-state index < -0.39 is 0 Å². The van der Waals surface area contributed by atoms with Gasteiger partial charge in [0.25, 0.3) is 0 Å². The highest BCUT2D eigenvalue weighted by Gasteiger charge is 2.18. The van der Waals surface area contributed by atoms with Gasteiger partial charge in [-0.25, -0.2) is 0 Å². The third kappa shape index (κ3) is 1.89. The average Bonchev–Trinajstić information content (AvgIpc) is 2.95. The number of nitriles is 1. The third-order valence-corrected chi connectivity index (χ3v) is 3.30. The molecule has 0 spiro atoms. The second kappa shape index (κ2) is 4.62. The molecule has 0 bridgehead atoms.